The second-order valence-corrected chi connectivity index (χ2v) is 6.83. The quantitative estimate of drug-likeness (QED) is 0.491. The van der Waals surface area contributed by atoms with Crippen molar-refractivity contribution in [3.63, 3.8) is 0 Å². The third-order valence-electron chi connectivity index (χ3n) is 4.50. The predicted octanol–water partition coefficient (Wildman–Crippen LogP) is 5.82. The average molecular weight is 285 g/mol. The van der Waals surface area contributed by atoms with Gasteiger partial charge in [-0.05, 0) is 62.1 Å². The van der Waals surface area contributed by atoms with Gasteiger partial charge in [-0.3, -0.25) is 0 Å². The molecule has 0 aliphatic heterocycles. The van der Waals surface area contributed by atoms with Gasteiger partial charge in [0.25, 0.3) is 0 Å². The fourth-order valence-corrected chi connectivity index (χ4v) is 3.47. The van der Waals surface area contributed by atoms with Crippen molar-refractivity contribution in [2.75, 3.05) is 11.9 Å². The maximum Gasteiger partial charge on any atom is 0.0340 e. The number of anilines is 1. The first-order valence-electron chi connectivity index (χ1n) is 8.67. The highest BCUT2D eigenvalue weighted by molar-refractivity contribution is 5.44. The zero-order valence-corrected chi connectivity index (χ0v) is 14.0. The van der Waals surface area contributed by atoms with Crippen LogP contribution in [-0.2, 0) is 6.42 Å². The monoisotopic (exact) mass is 285 g/mol. The SMILES string of the molecule is CCCCCc1ccc(NCC2CC(C)=CC(C)C2)cc1. The third-order valence-corrected chi connectivity index (χ3v) is 4.50. The smallest absolute Gasteiger partial charge is 0.0340 e. The van der Waals surface area contributed by atoms with Gasteiger partial charge in [-0.15, -0.1) is 0 Å². The van der Waals surface area contributed by atoms with Crippen LogP contribution in [0.25, 0.3) is 0 Å². The third kappa shape index (κ3) is 5.57. The predicted molar refractivity (Wildman–Crippen MR) is 93.8 cm³/mol. The Balaban J connectivity index is 1.77. The van der Waals surface area contributed by atoms with Crippen molar-refractivity contribution in [2.24, 2.45) is 11.8 Å². The number of hydrogen-bond donors (Lipinski definition) is 1. The molecule has 1 aliphatic rings. The second kappa shape index (κ2) is 8.26. The molecule has 116 valence electrons. The first-order valence-corrected chi connectivity index (χ1v) is 8.67. The standard InChI is InChI=1S/C20H31N/c1-4-5-6-7-18-8-10-20(11-9-18)21-15-19-13-16(2)12-17(3)14-19/h8-12,16,19,21H,4-7,13-15H2,1-3H3. The highest BCUT2D eigenvalue weighted by Gasteiger charge is 2.17. The number of nitrogens with one attached hydrogen (secondary N) is 1. The van der Waals surface area contributed by atoms with Gasteiger partial charge in [0, 0.05) is 12.2 Å². The van der Waals surface area contributed by atoms with Gasteiger partial charge in [0.1, 0.15) is 0 Å². The molecule has 1 aromatic carbocycles. The normalized spacial score (nSPS) is 22.0. The number of hydrogen-bond acceptors (Lipinski definition) is 1. The first-order chi connectivity index (χ1) is 10.2. The molecule has 2 atom stereocenters. The Bertz CT molecular complexity index is 443. The van der Waals surface area contributed by atoms with Gasteiger partial charge in [0.15, 0.2) is 0 Å². The molecule has 1 aliphatic carbocycles. The molecule has 0 saturated heterocycles. The van der Waals surface area contributed by atoms with Gasteiger partial charge in [0.05, 0.1) is 0 Å². The Morgan fingerprint density at radius 1 is 1.14 bits per heavy atom. The average Bonchev–Trinajstić information content (AvgIpc) is 2.46. The van der Waals surface area contributed by atoms with Crippen LogP contribution in [0.1, 0.15) is 58.4 Å². The van der Waals surface area contributed by atoms with Crippen LogP contribution in [0.3, 0.4) is 0 Å². The molecule has 0 radical (unpaired) electrons. The zero-order valence-electron chi connectivity index (χ0n) is 14.0. The molecule has 0 bridgehead atoms. The lowest BCUT2D eigenvalue weighted by Gasteiger charge is -2.26. The molecule has 1 nitrogen and oxygen atoms in total. The molecule has 0 fully saturated rings. The summed E-state index contributed by atoms with van der Waals surface area (Å²) >= 11 is 0. The van der Waals surface area contributed by atoms with Crippen LogP contribution in [-0.4, -0.2) is 6.54 Å². The molecule has 2 rings (SSSR count). The topological polar surface area (TPSA) is 12.0 Å². The van der Waals surface area contributed by atoms with E-state index in [-0.39, 0.29) is 0 Å². The van der Waals surface area contributed by atoms with Gasteiger partial charge in [0.2, 0.25) is 0 Å². The van der Waals surface area contributed by atoms with Gasteiger partial charge in [-0.2, -0.15) is 0 Å². The van der Waals surface area contributed by atoms with Crippen molar-refractivity contribution in [1.82, 2.24) is 0 Å². The minimum atomic E-state index is 0.742. The number of unbranched alkanes of at least 4 members (excludes halogenated alkanes) is 2. The van der Waals surface area contributed by atoms with Gasteiger partial charge in [-0.25, -0.2) is 0 Å². The van der Waals surface area contributed by atoms with Crippen LogP contribution in [0.2, 0.25) is 0 Å². The summed E-state index contributed by atoms with van der Waals surface area (Å²) in [7, 11) is 0. The molecular formula is C20H31N. The summed E-state index contributed by atoms with van der Waals surface area (Å²) in [6, 6.07) is 9.06. The van der Waals surface area contributed by atoms with E-state index in [1.807, 2.05) is 0 Å². The number of aryl methyl sites for hydroxylation is 1. The van der Waals surface area contributed by atoms with E-state index in [9.17, 15) is 0 Å². The first kappa shape index (κ1) is 16.1. The van der Waals surface area contributed by atoms with Crippen molar-refractivity contribution in [1.29, 1.82) is 0 Å². The van der Waals surface area contributed by atoms with Gasteiger partial charge < -0.3 is 5.32 Å². The molecule has 0 saturated carbocycles. The lowest BCUT2D eigenvalue weighted by atomic mass is 9.84. The molecule has 0 aromatic heterocycles. The van der Waals surface area contributed by atoms with E-state index in [0.717, 1.165) is 18.4 Å². The van der Waals surface area contributed by atoms with Crippen molar-refractivity contribution in [3.05, 3.63) is 41.5 Å². The van der Waals surface area contributed by atoms with E-state index < -0.39 is 0 Å². The number of benzene rings is 1. The zero-order chi connectivity index (χ0) is 15.1. The fourth-order valence-electron chi connectivity index (χ4n) is 3.47. The van der Waals surface area contributed by atoms with Crippen molar-refractivity contribution in [2.45, 2.75) is 59.3 Å². The summed E-state index contributed by atoms with van der Waals surface area (Å²) in [5, 5.41) is 3.62. The number of rotatable bonds is 7. The maximum atomic E-state index is 3.62. The van der Waals surface area contributed by atoms with E-state index in [0.29, 0.717) is 0 Å². The fraction of sp³-hybridized carbons (Fsp3) is 0.600. The Kier molecular flexibility index (Phi) is 6.35. The molecule has 0 amide bonds. The molecule has 2 unspecified atom stereocenters. The minimum absolute atomic E-state index is 0.742. The molecule has 0 spiro atoms. The van der Waals surface area contributed by atoms with Crippen LogP contribution in [0, 0.1) is 11.8 Å². The van der Waals surface area contributed by atoms with E-state index in [2.05, 4.69) is 56.4 Å². The van der Waals surface area contributed by atoms with Crippen LogP contribution in [0.4, 0.5) is 5.69 Å². The number of allylic oxidation sites excluding steroid dienone is 2. The molecule has 1 heteroatoms. The van der Waals surface area contributed by atoms with Crippen LogP contribution < -0.4 is 5.32 Å². The summed E-state index contributed by atoms with van der Waals surface area (Å²) in [6.07, 6.45) is 10.2. The highest BCUT2D eigenvalue weighted by Crippen LogP contribution is 2.28. The molecule has 21 heavy (non-hydrogen) atoms. The Hall–Kier alpha value is -1.24. The van der Waals surface area contributed by atoms with Gasteiger partial charge in [-0.1, -0.05) is 50.5 Å². The van der Waals surface area contributed by atoms with E-state index in [4.69, 9.17) is 0 Å². The Morgan fingerprint density at radius 3 is 2.57 bits per heavy atom. The van der Waals surface area contributed by atoms with Crippen LogP contribution in [0.5, 0.6) is 0 Å². The maximum absolute atomic E-state index is 3.62. The van der Waals surface area contributed by atoms with Crippen LogP contribution in [0.15, 0.2) is 35.9 Å². The molecule has 1 aromatic rings. The van der Waals surface area contributed by atoms with E-state index in [1.165, 1.54) is 49.8 Å². The Labute approximate surface area is 130 Å². The summed E-state index contributed by atoms with van der Waals surface area (Å²) < 4.78 is 0. The molecule has 0 heterocycles. The van der Waals surface area contributed by atoms with Crippen LogP contribution >= 0.6 is 0 Å². The second-order valence-electron chi connectivity index (χ2n) is 6.83. The van der Waals surface area contributed by atoms with Gasteiger partial charge >= 0.3 is 0 Å². The largest absolute Gasteiger partial charge is 0.385 e. The van der Waals surface area contributed by atoms with E-state index >= 15 is 0 Å². The summed E-state index contributed by atoms with van der Waals surface area (Å²) in [6.45, 7) is 7.97. The summed E-state index contributed by atoms with van der Waals surface area (Å²) in [4.78, 5) is 0. The van der Waals surface area contributed by atoms with Crippen molar-refractivity contribution in [3.8, 4) is 0 Å². The summed E-state index contributed by atoms with van der Waals surface area (Å²) in [5.74, 6) is 1.53. The van der Waals surface area contributed by atoms with E-state index in [1.54, 1.807) is 5.57 Å². The highest BCUT2D eigenvalue weighted by atomic mass is 14.9. The van der Waals surface area contributed by atoms with Crippen molar-refractivity contribution >= 4 is 5.69 Å². The Morgan fingerprint density at radius 2 is 1.90 bits per heavy atom. The molecular weight excluding hydrogens is 254 g/mol. The summed E-state index contributed by atoms with van der Waals surface area (Å²) in [5.41, 5.74) is 4.31. The van der Waals surface area contributed by atoms with Crippen molar-refractivity contribution < 1.29 is 0 Å². The minimum Gasteiger partial charge on any atom is -0.385 e. The lowest BCUT2D eigenvalue weighted by Crippen LogP contribution is -2.20. The lowest BCUT2D eigenvalue weighted by molar-refractivity contribution is 0.421. The molecule has 1 N–H and O–H groups in total.